The van der Waals surface area contributed by atoms with Crippen LogP contribution in [0.15, 0.2) is 248 Å². The number of amides is 2. The summed E-state index contributed by atoms with van der Waals surface area (Å²) in [5, 5.41) is 37.0. The molecule has 0 atom stereocenters. The number of carbonyl (C=O) groups excluding carboxylic acids is 4. The number of phenols is 2. The molecule has 0 unspecified atom stereocenters. The summed E-state index contributed by atoms with van der Waals surface area (Å²) >= 11 is 32.3. The molecule has 5 N–H and O–H groups in total. The number of rotatable bonds is 26. The van der Waals surface area contributed by atoms with Crippen LogP contribution in [0.25, 0.3) is 45.6 Å². The highest BCUT2D eigenvalue weighted by atomic mass is 79.9. The average Bonchev–Trinajstić information content (AvgIpc) is 1.50. The van der Waals surface area contributed by atoms with E-state index in [1.54, 1.807) is 96.7 Å². The van der Waals surface area contributed by atoms with Crippen molar-refractivity contribution in [2.24, 2.45) is 5.73 Å². The van der Waals surface area contributed by atoms with Crippen molar-refractivity contribution in [2.75, 3.05) is 41.1 Å². The van der Waals surface area contributed by atoms with E-state index in [1.807, 2.05) is 72.8 Å². The van der Waals surface area contributed by atoms with E-state index in [4.69, 9.17) is 68.6 Å². The molecule has 0 spiro atoms. The van der Waals surface area contributed by atoms with Gasteiger partial charge in [0.05, 0.1) is 87.0 Å². The van der Waals surface area contributed by atoms with Crippen molar-refractivity contribution in [3.05, 3.63) is 304 Å². The van der Waals surface area contributed by atoms with E-state index < -0.39 is 59.0 Å². The zero-order valence-electron chi connectivity index (χ0n) is 71.8. The highest BCUT2D eigenvalue weighted by Gasteiger charge is 2.34. The summed E-state index contributed by atoms with van der Waals surface area (Å²) in [4.78, 5) is 65.7. The van der Waals surface area contributed by atoms with Crippen molar-refractivity contribution in [3.8, 4) is 85.8 Å². The van der Waals surface area contributed by atoms with Crippen LogP contribution in [0, 0.1) is 0 Å². The smallest absolute Gasteiger partial charge is 0.416 e. The zero-order chi connectivity index (χ0) is 99.3. The van der Waals surface area contributed by atoms with Gasteiger partial charge in [-0.25, -0.2) is 9.59 Å². The predicted molar refractivity (Wildman–Crippen MR) is 515 cm³/mol. The minimum atomic E-state index is -4.47. The lowest BCUT2D eigenvalue weighted by molar-refractivity contribution is -0.138. The van der Waals surface area contributed by atoms with E-state index in [1.165, 1.54) is 35.2 Å². The first-order valence-electron chi connectivity index (χ1n) is 39.2. The van der Waals surface area contributed by atoms with Gasteiger partial charge in [-0.3, -0.25) is 9.59 Å². The van der Waals surface area contributed by atoms with Crippen LogP contribution in [0.2, 0.25) is 0 Å². The SMILES string of the molecule is CCN(Cc1cccc(C(F)(F)F)c1)C(=O)c1nc(-c2cc(Br)c(O)c(Br)c2)no1.CCOC(=O)c1nc(-c2cc(Br)c(O)c(Br)c2)no1.CCOC(=O)c1nc(-c2cc(Br)c(OCc3ccc(OC)cc3)c(Br)c2)no1.COc1ccc(CCl)cc1.COc1ccc(COc2c(Br)cc(-c3noc(C(=O)NCc4cccc(C(F)(F)F)c4)n3)cc2Br)cc1.NCc1cccc(C(F)(F)F)c1.[2HH].[B]. The molecule has 4 heterocycles. The highest BCUT2D eigenvalue weighted by Crippen LogP contribution is 2.43. The number of methoxy groups -OCH3 is 3. The Hall–Kier alpha value is -11.2. The van der Waals surface area contributed by atoms with Crippen LogP contribution in [-0.4, -0.2) is 129 Å². The topological polar surface area (TPSA) is 370 Å². The molecule has 721 valence electrons. The number of aromatic nitrogens is 8. The fraction of sp³-hybridized carbons (Fsp3) is 0.200. The number of phenolic OH excluding ortho intramolecular Hbond substituents is 2. The van der Waals surface area contributed by atoms with E-state index in [-0.39, 0.29) is 113 Å². The minimum Gasteiger partial charge on any atom is -0.506 e. The molecule has 14 rings (SSSR count). The Labute approximate surface area is 850 Å². The number of carbonyl (C=O) groups is 4. The summed E-state index contributed by atoms with van der Waals surface area (Å²) < 4.78 is 175. The van der Waals surface area contributed by atoms with E-state index in [0.29, 0.717) is 99.8 Å². The van der Waals surface area contributed by atoms with Gasteiger partial charge >= 0.3 is 65.8 Å². The minimum absolute atomic E-state index is 0. The van der Waals surface area contributed by atoms with Crippen LogP contribution in [0.5, 0.6) is 40.2 Å². The van der Waals surface area contributed by atoms with Gasteiger partial charge in [-0.15, -0.1) is 11.6 Å². The third kappa shape index (κ3) is 32.7. The molecule has 0 bridgehead atoms. The quantitative estimate of drug-likeness (QED) is 0.0169. The molecule has 28 nitrogen and oxygen atoms in total. The lowest BCUT2D eigenvalue weighted by Crippen LogP contribution is -2.30. The lowest BCUT2D eigenvalue weighted by atomic mass is 10.1. The predicted octanol–water partition coefficient (Wildman–Crippen LogP) is 25.1. The second kappa shape index (κ2) is 52.5. The summed E-state index contributed by atoms with van der Waals surface area (Å²) in [7, 11) is 4.87. The van der Waals surface area contributed by atoms with Crippen molar-refractivity contribution >= 4 is 171 Å². The molecule has 47 heteroatoms. The van der Waals surface area contributed by atoms with E-state index in [9.17, 15) is 68.9 Å². The molecular formula is C90H75BBr8ClF9N11O17. The number of nitrogens with zero attached hydrogens (tertiary/aromatic N) is 9. The highest BCUT2D eigenvalue weighted by molar-refractivity contribution is 9.12. The third-order valence-corrected chi connectivity index (χ3v) is 23.0. The number of alkyl halides is 10. The van der Waals surface area contributed by atoms with Crippen LogP contribution in [0.3, 0.4) is 0 Å². The molecule has 3 radical (unpaired) electrons. The van der Waals surface area contributed by atoms with Crippen molar-refractivity contribution in [2.45, 2.75) is 78.0 Å². The van der Waals surface area contributed by atoms with Gasteiger partial charge in [0.2, 0.25) is 23.3 Å². The van der Waals surface area contributed by atoms with E-state index in [2.05, 4.69) is 173 Å². The molecule has 0 fully saturated rings. The van der Waals surface area contributed by atoms with Gasteiger partial charge in [-0.2, -0.15) is 59.4 Å². The molecule has 0 aliphatic heterocycles. The van der Waals surface area contributed by atoms with Gasteiger partial charge in [0.15, 0.2) is 0 Å². The largest absolute Gasteiger partial charge is 0.506 e. The number of esters is 2. The Morgan fingerprint density at radius 3 is 1.07 bits per heavy atom. The second-order valence-electron chi connectivity index (χ2n) is 27.3. The van der Waals surface area contributed by atoms with Gasteiger partial charge in [0.1, 0.15) is 53.5 Å². The van der Waals surface area contributed by atoms with Crippen LogP contribution in [-0.2, 0) is 66.7 Å². The van der Waals surface area contributed by atoms with Crippen molar-refractivity contribution < 1.29 is 122 Å². The summed E-state index contributed by atoms with van der Waals surface area (Å²) in [6.45, 7) is 6.40. The molecule has 0 saturated carbocycles. The number of ether oxygens (including phenoxy) is 7. The Kier molecular flexibility index (Phi) is 42.6. The Morgan fingerprint density at radius 1 is 0.423 bits per heavy atom. The Morgan fingerprint density at radius 2 is 0.730 bits per heavy atom. The normalized spacial score (nSPS) is 10.9. The molecule has 0 aliphatic rings. The molecular weight excluding hydrogens is 2360 g/mol. The van der Waals surface area contributed by atoms with Crippen molar-refractivity contribution in [3.63, 3.8) is 0 Å². The third-order valence-electron chi connectivity index (χ3n) is 17.9. The Balaban J connectivity index is 0.000000235. The molecule has 14 aromatic rings. The van der Waals surface area contributed by atoms with Crippen molar-refractivity contribution in [1.29, 1.82) is 0 Å². The summed E-state index contributed by atoms with van der Waals surface area (Å²) in [5.41, 5.74) is 9.37. The molecule has 0 saturated heterocycles. The molecule has 4 aromatic heterocycles. The van der Waals surface area contributed by atoms with Gasteiger partial charge in [0, 0.05) is 64.2 Å². The number of nitrogens with one attached hydrogen (secondary N) is 1. The lowest BCUT2D eigenvalue weighted by Gasteiger charge is -2.19. The summed E-state index contributed by atoms with van der Waals surface area (Å²) in [6.07, 6.45) is -13.2. The van der Waals surface area contributed by atoms with Gasteiger partial charge in [0.25, 0.3) is 0 Å². The summed E-state index contributed by atoms with van der Waals surface area (Å²) in [6, 6.07) is 50.6. The van der Waals surface area contributed by atoms with Crippen LogP contribution in [0.1, 0.15) is 115 Å². The number of hydrogen-bond acceptors (Lipinski definition) is 26. The van der Waals surface area contributed by atoms with Crippen molar-refractivity contribution in [1.82, 2.24) is 50.8 Å². The fourth-order valence-electron chi connectivity index (χ4n) is 11.1. The van der Waals surface area contributed by atoms with Crippen LogP contribution >= 0.6 is 139 Å². The Bertz CT molecular complexity index is 6310. The number of benzene rings is 10. The van der Waals surface area contributed by atoms with Gasteiger partial charge in [-0.1, -0.05) is 99.5 Å². The maximum absolute atomic E-state index is 12.9. The van der Waals surface area contributed by atoms with E-state index in [0.717, 1.165) is 70.3 Å². The van der Waals surface area contributed by atoms with E-state index >= 15 is 0 Å². The first kappa shape index (κ1) is 111. The maximum Gasteiger partial charge on any atom is 0.416 e. The first-order valence-corrected chi connectivity index (χ1v) is 46.1. The number of halogens is 18. The fourth-order valence-corrected chi connectivity index (χ4v) is 16.5. The first-order chi connectivity index (χ1) is 64.7. The van der Waals surface area contributed by atoms with Gasteiger partial charge < -0.3 is 77.4 Å². The summed E-state index contributed by atoms with van der Waals surface area (Å²) in [5.74, 6) is 1.32. The molecule has 10 aromatic carbocycles. The number of aromatic hydroxyl groups is 2. The maximum atomic E-state index is 12.9. The molecule has 2 amide bonds. The monoisotopic (exact) mass is 2430 g/mol. The zero-order valence-corrected chi connectivity index (χ0v) is 85.3. The second-order valence-corrected chi connectivity index (χ2v) is 34.4. The molecule has 137 heavy (non-hydrogen) atoms. The standard InChI is InChI=1S/C25H18Br2F3N3O4.C19H14Br2F3N3O3.C19H16Br2N2O5.C11H8Br2N2O4.C8H9ClO.C8H8F3N.B.H2/c1-35-18-7-5-14(6-8-18)13-36-21-19(26)10-16(11-20(21)27)22-32-24(37-33-22)23(34)31-12-15-3-2-4-17(9-15)25(28,29)30;1-2-27(9-10-4-3-5-12(6-10)19(22,23)24)18(29)17-25-16(26-30-17)11-7-13(20)15(28)14(21)8-11;1-3-26-19(24)18-22-17(23-28-18)12-8-14(20)16(15(21)9-12)27-10-11-4-6-13(25-2)7-5-11;1-2-18-11(17)10-14-9(15-19-10)5-3-6(12)8(16)7(13)4-5;1-10-8-4-2-7(6-9)3-5-8;9-8(10,11)7-3-1-2-6(4-7)5-12;;/h2-11H,12-13H2,1H3,(H,31,34);3-8,28H,2,9H2,1H3;4-9H,3,10H2,1-2H3;3-4,16H,2H2,1H3;2-5H,6H2,1H3;1-4H,5,12H2;;1H/i;;;;;;;1+1. The number of nitrogens with two attached hydrogens (primary N) is 1. The number of hydrogen-bond donors (Lipinski definition) is 4. The molecule has 0 aliphatic carbocycles. The van der Waals surface area contributed by atoms with Crippen LogP contribution in [0.4, 0.5) is 39.5 Å². The van der Waals surface area contributed by atoms with Crippen LogP contribution < -0.4 is 34.7 Å². The average molecular weight is 2440 g/mol. The van der Waals surface area contributed by atoms with Gasteiger partial charge in [-0.05, 0) is 297 Å².